The maximum Gasteiger partial charge on any atom is 0.315 e. The van der Waals surface area contributed by atoms with Crippen LogP contribution in [-0.4, -0.2) is 29.8 Å². The Morgan fingerprint density at radius 3 is 2.91 bits per heavy atom. The lowest BCUT2D eigenvalue weighted by atomic mass is 9.86. The molecule has 0 aliphatic heterocycles. The van der Waals surface area contributed by atoms with Gasteiger partial charge in [-0.05, 0) is 37.8 Å². The van der Waals surface area contributed by atoms with Crippen LogP contribution in [0.5, 0.6) is 0 Å². The van der Waals surface area contributed by atoms with Crippen molar-refractivity contribution in [3.05, 3.63) is 35.6 Å². The highest BCUT2D eigenvalue weighted by Gasteiger charge is 2.39. The molecule has 1 saturated carbocycles. The van der Waals surface area contributed by atoms with Crippen LogP contribution < -0.4 is 10.6 Å². The molecule has 0 aromatic heterocycles. The average molecular weight is 308 g/mol. The van der Waals surface area contributed by atoms with Crippen molar-refractivity contribution in [1.29, 1.82) is 0 Å². The molecule has 1 aromatic carbocycles. The molecule has 1 fully saturated rings. The van der Waals surface area contributed by atoms with E-state index in [9.17, 15) is 14.3 Å². The second kappa shape index (κ2) is 7.09. The van der Waals surface area contributed by atoms with Gasteiger partial charge in [0.15, 0.2) is 0 Å². The first kappa shape index (κ1) is 16.7. The van der Waals surface area contributed by atoms with Crippen molar-refractivity contribution < 1.29 is 14.3 Å². The Kier molecular flexibility index (Phi) is 5.40. The summed E-state index contributed by atoms with van der Waals surface area (Å²) in [6, 6.07) is 6.15. The van der Waals surface area contributed by atoms with Gasteiger partial charge < -0.3 is 15.7 Å². The quantitative estimate of drug-likeness (QED) is 0.783. The zero-order valence-electron chi connectivity index (χ0n) is 13.2. The fourth-order valence-electron chi connectivity index (χ4n) is 3.14. The molecule has 5 heteroatoms. The predicted molar refractivity (Wildman–Crippen MR) is 84.1 cm³/mol. The molecule has 3 atom stereocenters. The van der Waals surface area contributed by atoms with E-state index in [1.807, 2.05) is 13.8 Å². The summed E-state index contributed by atoms with van der Waals surface area (Å²) in [5, 5.41) is 15.3. The molecule has 3 unspecified atom stereocenters. The van der Waals surface area contributed by atoms with Gasteiger partial charge in [0, 0.05) is 17.5 Å². The lowest BCUT2D eigenvalue weighted by Gasteiger charge is -2.30. The molecule has 2 rings (SSSR count). The van der Waals surface area contributed by atoms with Gasteiger partial charge in [-0.1, -0.05) is 31.5 Å². The summed E-state index contributed by atoms with van der Waals surface area (Å²) in [6.07, 6.45) is 3.25. The number of carbonyl (C=O) groups excluding carboxylic acids is 1. The Bertz CT molecular complexity index is 523. The van der Waals surface area contributed by atoms with E-state index in [4.69, 9.17) is 0 Å². The van der Waals surface area contributed by atoms with E-state index >= 15 is 0 Å². The molecule has 0 saturated heterocycles. The van der Waals surface area contributed by atoms with Gasteiger partial charge in [-0.25, -0.2) is 9.18 Å². The number of urea groups is 1. The van der Waals surface area contributed by atoms with E-state index < -0.39 is 0 Å². The lowest BCUT2D eigenvalue weighted by Crippen LogP contribution is -2.50. The van der Waals surface area contributed by atoms with Crippen molar-refractivity contribution in [2.75, 3.05) is 6.61 Å². The molecule has 1 aliphatic carbocycles. The molecule has 1 aromatic rings. The topological polar surface area (TPSA) is 61.4 Å². The van der Waals surface area contributed by atoms with Gasteiger partial charge in [0.2, 0.25) is 0 Å². The summed E-state index contributed by atoms with van der Waals surface area (Å²) in [5.41, 5.74) is 0.350. The molecule has 0 radical (unpaired) electrons. The Balaban J connectivity index is 1.85. The van der Waals surface area contributed by atoms with Crippen molar-refractivity contribution >= 4 is 6.03 Å². The zero-order chi connectivity index (χ0) is 16.2. The lowest BCUT2D eigenvalue weighted by molar-refractivity contribution is 0.121. The van der Waals surface area contributed by atoms with Crippen LogP contribution in [0.25, 0.3) is 0 Å². The number of carbonyl (C=O) groups is 1. The van der Waals surface area contributed by atoms with Crippen LogP contribution in [0.3, 0.4) is 0 Å². The molecule has 1 aliphatic rings. The van der Waals surface area contributed by atoms with Crippen LogP contribution in [0.4, 0.5) is 9.18 Å². The minimum Gasteiger partial charge on any atom is -0.396 e. The van der Waals surface area contributed by atoms with Crippen LogP contribution in [0.15, 0.2) is 24.3 Å². The van der Waals surface area contributed by atoms with E-state index in [-0.39, 0.29) is 36.0 Å². The smallest absolute Gasteiger partial charge is 0.315 e. The van der Waals surface area contributed by atoms with E-state index in [0.29, 0.717) is 12.0 Å². The normalized spacial score (nSPS) is 25.7. The van der Waals surface area contributed by atoms with Crippen LogP contribution >= 0.6 is 0 Å². The van der Waals surface area contributed by atoms with Crippen molar-refractivity contribution in [2.24, 2.45) is 5.41 Å². The summed E-state index contributed by atoms with van der Waals surface area (Å²) in [6.45, 7) is 3.92. The highest BCUT2D eigenvalue weighted by Crippen LogP contribution is 2.37. The third-order valence-corrected chi connectivity index (χ3v) is 4.61. The zero-order valence-corrected chi connectivity index (χ0v) is 13.2. The molecule has 122 valence electrons. The van der Waals surface area contributed by atoms with Gasteiger partial charge in [-0.2, -0.15) is 0 Å². The number of halogens is 1. The number of hydrogen-bond acceptors (Lipinski definition) is 2. The van der Waals surface area contributed by atoms with Crippen molar-refractivity contribution in [1.82, 2.24) is 10.6 Å². The molecular formula is C17H25FN2O2. The van der Waals surface area contributed by atoms with Gasteiger partial charge in [0.05, 0.1) is 6.61 Å². The molecule has 3 N–H and O–H groups in total. The van der Waals surface area contributed by atoms with Gasteiger partial charge in [0.25, 0.3) is 0 Å². The average Bonchev–Trinajstić information content (AvgIpc) is 2.83. The summed E-state index contributed by atoms with van der Waals surface area (Å²) >= 11 is 0. The number of nitrogens with one attached hydrogen (secondary N) is 2. The minimum absolute atomic E-state index is 0.0156. The van der Waals surface area contributed by atoms with Gasteiger partial charge >= 0.3 is 6.03 Å². The van der Waals surface area contributed by atoms with E-state index in [0.717, 1.165) is 19.3 Å². The first-order chi connectivity index (χ1) is 10.4. The molecular weight excluding hydrogens is 283 g/mol. The maximum atomic E-state index is 13.6. The number of amides is 2. The Morgan fingerprint density at radius 1 is 1.50 bits per heavy atom. The van der Waals surface area contributed by atoms with Gasteiger partial charge in [-0.15, -0.1) is 0 Å². The number of benzene rings is 1. The standard InChI is InChI=1S/C17H25FN2O2/c1-12(10-13-6-3-4-7-14(13)18)19-16(22)20-15-8-5-9-17(15,2)11-21/h3-4,6-7,12,15,21H,5,8-11H2,1-2H3,(H2,19,20,22). The third-order valence-electron chi connectivity index (χ3n) is 4.61. The first-order valence-electron chi connectivity index (χ1n) is 7.86. The predicted octanol–water partition coefficient (Wildman–Crippen LogP) is 2.61. The van der Waals surface area contributed by atoms with E-state index in [1.54, 1.807) is 18.2 Å². The van der Waals surface area contributed by atoms with Crippen molar-refractivity contribution in [3.63, 3.8) is 0 Å². The monoisotopic (exact) mass is 308 g/mol. The van der Waals surface area contributed by atoms with Crippen LogP contribution in [0.1, 0.15) is 38.7 Å². The highest BCUT2D eigenvalue weighted by molar-refractivity contribution is 5.74. The maximum absolute atomic E-state index is 13.6. The Hall–Kier alpha value is -1.62. The summed E-state index contributed by atoms with van der Waals surface area (Å²) in [4.78, 5) is 12.1. The van der Waals surface area contributed by atoms with Crippen molar-refractivity contribution in [2.45, 2.75) is 51.6 Å². The van der Waals surface area contributed by atoms with E-state index in [2.05, 4.69) is 10.6 Å². The van der Waals surface area contributed by atoms with Gasteiger partial charge in [-0.3, -0.25) is 0 Å². The van der Waals surface area contributed by atoms with Crippen LogP contribution in [-0.2, 0) is 6.42 Å². The molecule has 22 heavy (non-hydrogen) atoms. The molecule has 0 bridgehead atoms. The fraction of sp³-hybridized carbons (Fsp3) is 0.588. The highest BCUT2D eigenvalue weighted by atomic mass is 19.1. The Morgan fingerprint density at radius 2 is 2.23 bits per heavy atom. The SMILES string of the molecule is CC(Cc1ccccc1F)NC(=O)NC1CCCC1(C)CO. The second-order valence-electron chi connectivity index (χ2n) is 6.57. The molecule has 0 heterocycles. The van der Waals surface area contributed by atoms with Crippen LogP contribution in [0.2, 0.25) is 0 Å². The Labute approximate surface area is 131 Å². The summed E-state index contributed by atoms with van der Waals surface area (Å²) in [7, 11) is 0. The number of hydrogen-bond donors (Lipinski definition) is 3. The second-order valence-corrected chi connectivity index (χ2v) is 6.57. The molecule has 2 amide bonds. The fourth-order valence-corrected chi connectivity index (χ4v) is 3.14. The minimum atomic E-state index is -0.254. The number of aliphatic hydroxyl groups excluding tert-OH is 1. The van der Waals surface area contributed by atoms with Crippen molar-refractivity contribution in [3.8, 4) is 0 Å². The summed E-state index contributed by atoms with van der Waals surface area (Å²) < 4.78 is 13.6. The molecule has 4 nitrogen and oxygen atoms in total. The van der Waals surface area contributed by atoms with Crippen LogP contribution in [0, 0.1) is 11.2 Å². The molecule has 0 spiro atoms. The first-order valence-corrected chi connectivity index (χ1v) is 7.86. The number of aliphatic hydroxyl groups is 1. The summed E-state index contributed by atoms with van der Waals surface area (Å²) in [5.74, 6) is -0.250. The largest absolute Gasteiger partial charge is 0.396 e. The third kappa shape index (κ3) is 3.97. The van der Waals surface area contributed by atoms with E-state index in [1.165, 1.54) is 6.07 Å². The van der Waals surface area contributed by atoms with Gasteiger partial charge in [0.1, 0.15) is 5.82 Å². The number of rotatable bonds is 5.